The highest BCUT2D eigenvalue weighted by atomic mass is 15.1. The minimum absolute atomic E-state index is 0.685. The van der Waals surface area contributed by atoms with Crippen LogP contribution in [0.4, 0.5) is 0 Å². The molecule has 0 radical (unpaired) electrons. The first-order chi connectivity index (χ1) is 5.57. The van der Waals surface area contributed by atoms with Crippen molar-refractivity contribution in [2.45, 2.75) is 33.2 Å². The standard InChI is InChI=1S/C10H24N2/c1-6-11-8-10(12(4)5)7-9(2)3/h9-11H,6-8H2,1-5H3. The molecule has 1 atom stereocenters. The molecule has 0 aromatic carbocycles. The first-order valence-electron chi connectivity index (χ1n) is 4.95. The SMILES string of the molecule is CCNCC(CC(C)C)N(C)C. The summed E-state index contributed by atoms with van der Waals surface area (Å²) >= 11 is 0. The molecular weight excluding hydrogens is 148 g/mol. The summed E-state index contributed by atoms with van der Waals surface area (Å²) in [5, 5.41) is 3.39. The Balaban J connectivity index is 3.70. The van der Waals surface area contributed by atoms with E-state index in [1.807, 2.05) is 0 Å². The fourth-order valence-electron chi connectivity index (χ4n) is 1.33. The van der Waals surface area contributed by atoms with Crippen molar-refractivity contribution in [2.24, 2.45) is 5.92 Å². The zero-order valence-electron chi connectivity index (χ0n) is 9.22. The van der Waals surface area contributed by atoms with E-state index < -0.39 is 0 Å². The van der Waals surface area contributed by atoms with Crippen LogP contribution >= 0.6 is 0 Å². The molecular formula is C10H24N2. The third kappa shape index (κ3) is 5.56. The number of likely N-dealkylation sites (N-methyl/N-ethyl adjacent to an activating group) is 2. The predicted octanol–water partition coefficient (Wildman–Crippen LogP) is 1.57. The molecule has 0 heterocycles. The lowest BCUT2D eigenvalue weighted by Gasteiger charge is -2.26. The summed E-state index contributed by atoms with van der Waals surface area (Å²) in [6.07, 6.45) is 1.28. The topological polar surface area (TPSA) is 15.3 Å². The number of nitrogens with one attached hydrogen (secondary N) is 1. The Morgan fingerprint density at radius 3 is 2.17 bits per heavy atom. The Bertz CT molecular complexity index is 100. The molecule has 0 aliphatic carbocycles. The summed E-state index contributed by atoms with van der Waals surface area (Å²) < 4.78 is 0. The highest BCUT2D eigenvalue weighted by molar-refractivity contribution is 4.70. The maximum absolute atomic E-state index is 3.39. The largest absolute Gasteiger partial charge is 0.315 e. The highest BCUT2D eigenvalue weighted by Gasteiger charge is 2.11. The fourth-order valence-corrected chi connectivity index (χ4v) is 1.33. The average Bonchev–Trinajstić information content (AvgIpc) is 1.96. The van der Waals surface area contributed by atoms with E-state index in [0.29, 0.717) is 6.04 Å². The summed E-state index contributed by atoms with van der Waals surface area (Å²) in [6.45, 7) is 8.90. The molecule has 0 aromatic rings. The Labute approximate surface area is 77.3 Å². The maximum atomic E-state index is 3.39. The first kappa shape index (κ1) is 11.9. The molecule has 0 aromatic heterocycles. The van der Waals surface area contributed by atoms with Crippen molar-refractivity contribution in [3.63, 3.8) is 0 Å². The van der Waals surface area contributed by atoms with Gasteiger partial charge in [0.05, 0.1) is 0 Å². The molecule has 0 bridgehead atoms. The number of rotatable bonds is 6. The van der Waals surface area contributed by atoms with Crippen LogP contribution in [0, 0.1) is 5.92 Å². The minimum Gasteiger partial charge on any atom is -0.315 e. The van der Waals surface area contributed by atoms with E-state index in [-0.39, 0.29) is 0 Å². The van der Waals surface area contributed by atoms with E-state index in [4.69, 9.17) is 0 Å². The Hall–Kier alpha value is -0.0800. The molecule has 0 spiro atoms. The molecule has 0 amide bonds. The lowest BCUT2D eigenvalue weighted by atomic mass is 10.0. The Kier molecular flexibility index (Phi) is 6.39. The van der Waals surface area contributed by atoms with Crippen LogP contribution in [0.5, 0.6) is 0 Å². The molecule has 12 heavy (non-hydrogen) atoms. The number of hydrogen-bond donors (Lipinski definition) is 1. The van der Waals surface area contributed by atoms with Crippen molar-refractivity contribution >= 4 is 0 Å². The predicted molar refractivity (Wildman–Crippen MR) is 55.5 cm³/mol. The normalized spacial score (nSPS) is 14.2. The molecule has 1 N–H and O–H groups in total. The molecule has 0 aliphatic heterocycles. The molecule has 0 aliphatic rings. The van der Waals surface area contributed by atoms with Crippen LogP contribution in [-0.2, 0) is 0 Å². The molecule has 2 nitrogen and oxygen atoms in total. The summed E-state index contributed by atoms with van der Waals surface area (Å²) in [6, 6.07) is 0.685. The van der Waals surface area contributed by atoms with Gasteiger partial charge in [-0.2, -0.15) is 0 Å². The average molecular weight is 172 g/mol. The van der Waals surface area contributed by atoms with Gasteiger partial charge in [-0.15, -0.1) is 0 Å². The second kappa shape index (κ2) is 6.44. The molecule has 0 saturated carbocycles. The molecule has 2 heteroatoms. The summed E-state index contributed by atoms with van der Waals surface area (Å²) in [4.78, 5) is 2.31. The monoisotopic (exact) mass is 172 g/mol. The van der Waals surface area contributed by atoms with Gasteiger partial charge in [0.1, 0.15) is 0 Å². The molecule has 74 valence electrons. The Morgan fingerprint density at radius 1 is 1.25 bits per heavy atom. The molecule has 0 fully saturated rings. The lowest BCUT2D eigenvalue weighted by Crippen LogP contribution is -2.38. The van der Waals surface area contributed by atoms with Crippen molar-refractivity contribution < 1.29 is 0 Å². The van der Waals surface area contributed by atoms with Crippen molar-refractivity contribution in [2.75, 3.05) is 27.2 Å². The second-order valence-electron chi connectivity index (χ2n) is 4.05. The highest BCUT2D eigenvalue weighted by Crippen LogP contribution is 2.07. The van der Waals surface area contributed by atoms with Gasteiger partial charge in [0.25, 0.3) is 0 Å². The minimum atomic E-state index is 0.685. The van der Waals surface area contributed by atoms with Crippen molar-refractivity contribution in [3.8, 4) is 0 Å². The van der Waals surface area contributed by atoms with Gasteiger partial charge in [0, 0.05) is 12.6 Å². The van der Waals surface area contributed by atoms with Crippen LogP contribution < -0.4 is 5.32 Å². The van der Waals surface area contributed by atoms with Gasteiger partial charge in [-0.25, -0.2) is 0 Å². The van der Waals surface area contributed by atoms with Crippen LogP contribution in [0.2, 0.25) is 0 Å². The number of nitrogens with zero attached hydrogens (tertiary/aromatic N) is 1. The van der Waals surface area contributed by atoms with Crippen LogP contribution in [0.1, 0.15) is 27.2 Å². The van der Waals surface area contributed by atoms with E-state index in [9.17, 15) is 0 Å². The zero-order chi connectivity index (χ0) is 9.56. The third-order valence-corrected chi connectivity index (χ3v) is 2.10. The van der Waals surface area contributed by atoms with Gasteiger partial charge in [-0.05, 0) is 33.0 Å². The van der Waals surface area contributed by atoms with Gasteiger partial charge >= 0.3 is 0 Å². The van der Waals surface area contributed by atoms with Crippen molar-refractivity contribution in [1.82, 2.24) is 10.2 Å². The smallest absolute Gasteiger partial charge is 0.0216 e. The van der Waals surface area contributed by atoms with E-state index in [2.05, 4.69) is 45.1 Å². The summed E-state index contributed by atoms with van der Waals surface area (Å²) in [5.74, 6) is 0.788. The van der Waals surface area contributed by atoms with Gasteiger partial charge in [-0.3, -0.25) is 0 Å². The quantitative estimate of drug-likeness (QED) is 0.654. The summed E-state index contributed by atoms with van der Waals surface area (Å²) in [7, 11) is 4.31. The van der Waals surface area contributed by atoms with Crippen LogP contribution in [-0.4, -0.2) is 38.1 Å². The maximum Gasteiger partial charge on any atom is 0.0216 e. The number of hydrogen-bond acceptors (Lipinski definition) is 2. The zero-order valence-corrected chi connectivity index (χ0v) is 9.22. The first-order valence-corrected chi connectivity index (χ1v) is 4.95. The van der Waals surface area contributed by atoms with Crippen molar-refractivity contribution in [1.29, 1.82) is 0 Å². The third-order valence-electron chi connectivity index (χ3n) is 2.10. The fraction of sp³-hybridized carbons (Fsp3) is 1.00. The van der Waals surface area contributed by atoms with Gasteiger partial charge in [0.2, 0.25) is 0 Å². The van der Waals surface area contributed by atoms with Gasteiger partial charge in [0.15, 0.2) is 0 Å². The van der Waals surface area contributed by atoms with Crippen LogP contribution in [0.25, 0.3) is 0 Å². The van der Waals surface area contributed by atoms with E-state index in [1.165, 1.54) is 6.42 Å². The molecule has 0 rings (SSSR count). The lowest BCUT2D eigenvalue weighted by molar-refractivity contribution is 0.248. The Morgan fingerprint density at radius 2 is 1.83 bits per heavy atom. The van der Waals surface area contributed by atoms with Crippen LogP contribution in [0.3, 0.4) is 0 Å². The van der Waals surface area contributed by atoms with E-state index in [1.54, 1.807) is 0 Å². The summed E-state index contributed by atoms with van der Waals surface area (Å²) in [5.41, 5.74) is 0. The molecule has 0 saturated heterocycles. The van der Waals surface area contributed by atoms with E-state index >= 15 is 0 Å². The van der Waals surface area contributed by atoms with Crippen LogP contribution in [0.15, 0.2) is 0 Å². The molecule has 1 unspecified atom stereocenters. The van der Waals surface area contributed by atoms with Gasteiger partial charge < -0.3 is 10.2 Å². The van der Waals surface area contributed by atoms with Crippen molar-refractivity contribution in [3.05, 3.63) is 0 Å². The second-order valence-corrected chi connectivity index (χ2v) is 4.05. The van der Waals surface area contributed by atoms with Gasteiger partial charge in [-0.1, -0.05) is 20.8 Å². The van der Waals surface area contributed by atoms with E-state index in [0.717, 1.165) is 19.0 Å².